The van der Waals surface area contributed by atoms with E-state index in [9.17, 15) is 0 Å². The fourth-order valence-corrected chi connectivity index (χ4v) is 0.572. The Bertz CT molecular complexity index is 186. The minimum atomic E-state index is 0.688. The molecule has 2 nitrogen and oxygen atoms in total. The number of hydrogen-bond acceptors (Lipinski definition) is 1. The molecule has 2 heteroatoms. The van der Waals surface area contributed by atoms with E-state index in [2.05, 4.69) is 11.6 Å². The Balaban J connectivity index is 2.95. The van der Waals surface area contributed by atoms with Crippen LogP contribution < -0.4 is 0 Å². The number of nitrogens with zero attached hydrogens (tertiary/aromatic N) is 1. The van der Waals surface area contributed by atoms with Crippen molar-refractivity contribution >= 4 is 11.7 Å². The molecule has 42 valence electrons. The fraction of sp³-hybridized carbons (Fsp3) is 0.333. The molecule has 0 aromatic heterocycles. The zero-order valence-electron chi connectivity index (χ0n) is 5.06. The normalized spacial score (nSPS) is 18.5. The number of rotatable bonds is 0. The van der Waals surface area contributed by atoms with Gasteiger partial charge in [-0.1, -0.05) is 6.58 Å². The molecule has 0 saturated carbocycles. The Kier molecular flexibility index (Phi) is 1.01. The van der Waals surface area contributed by atoms with Crippen LogP contribution in [0.15, 0.2) is 17.3 Å². The van der Waals surface area contributed by atoms with Crippen LogP contribution in [-0.4, -0.2) is 11.7 Å². The van der Waals surface area contributed by atoms with Gasteiger partial charge >= 0.3 is 11.7 Å². The zero-order valence-corrected chi connectivity index (χ0v) is 5.06. The number of hydrogen-bond donors (Lipinski definition) is 0. The summed E-state index contributed by atoms with van der Waals surface area (Å²) < 4.78 is 5.04. The van der Waals surface area contributed by atoms with E-state index in [0.29, 0.717) is 5.90 Å². The van der Waals surface area contributed by atoms with Crippen LogP contribution in [0.5, 0.6) is 0 Å². The first-order chi connectivity index (χ1) is 3.70. The lowest BCUT2D eigenvalue weighted by Gasteiger charge is -1.69. The first-order valence-corrected chi connectivity index (χ1v) is 2.46. The van der Waals surface area contributed by atoms with Crippen molar-refractivity contribution in [3.63, 3.8) is 0 Å². The Morgan fingerprint density at radius 1 is 1.50 bits per heavy atom. The van der Waals surface area contributed by atoms with Crippen molar-refractivity contribution in [2.24, 2.45) is 4.99 Å². The van der Waals surface area contributed by atoms with Crippen LogP contribution in [0.2, 0.25) is 0 Å². The monoisotopic (exact) mass is 110 g/mol. The van der Waals surface area contributed by atoms with Crippen molar-refractivity contribution < 1.29 is 4.42 Å². The molecule has 0 aliphatic carbocycles. The van der Waals surface area contributed by atoms with Crippen molar-refractivity contribution in [1.29, 1.82) is 0 Å². The van der Waals surface area contributed by atoms with Crippen LogP contribution in [-0.2, 0) is 4.42 Å². The number of ketones is 1. The molecule has 0 fully saturated rings. The summed E-state index contributed by atoms with van der Waals surface area (Å²) in [5.41, 5.74) is 0.738. The van der Waals surface area contributed by atoms with Gasteiger partial charge in [0.15, 0.2) is 5.70 Å². The van der Waals surface area contributed by atoms with Gasteiger partial charge in [0, 0.05) is 0 Å². The maximum absolute atomic E-state index is 5.04. The lowest BCUT2D eigenvalue weighted by molar-refractivity contribution is -0.312. The minimum Gasteiger partial charge on any atom is -0.195 e. The maximum atomic E-state index is 5.04. The summed E-state index contributed by atoms with van der Waals surface area (Å²) >= 11 is 0. The van der Waals surface area contributed by atoms with Crippen molar-refractivity contribution in [1.82, 2.24) is 0 Å². The van der Waals surface area contributed by atoms with E-state index in [4.69, 9.17) is 4.42 Å². The largest absolute Gasteiger partial charge is 0.425 e. The number of aliphatic imine (C=N–C) groups is 1. The first-order valence-electron chi connectivity index (χ1n) is 2.46. The van der Waals surface area contributed by atoms with E-state index in [1.54, 1.807) is 0 Å². The molecule has 0 saturated heterocycles. The van der Waals surface area contributed by atoms with Gasteiger partial charge in [0.2, 0.25) is 0 Å². The summed E-state index contributed by atoms with van der Waals surface area (Å²) in [6, 6.07) is 0. The third-order valence-corrected chi connectivity index (χ3v) is 1.000. The van der Waals surface area contributed by atoms with E-state index in [-0.39, 0.29) is 0 Å². The summed E-state index contributed by atoms with van der Waals surface area (Å²) in [5, 5.41) is 0. The Morgan fingerprint density at radius 3 is 2.25 bits per heavy atom. The summed E-state index contributed by atoms with van der Waals surface area (Å²) in [7, 11) is 0. The average Bonchev–Trinajstić information content (AvgIpc) is 1.85. The lowest BCUT2D eigenvalue weighted by Crippen LogP contribution is -1.90. The molecule has 1 aliphatic heterocycles. The zero-order chi connectivity index (χ0) is 6.15. The second kappa shape index (κ2) is 1.54. The SMILES string of the molecule is C=C1N=C(C)[O+]=C1C. The van der Waals surface area contributed by atoms with Crippen molar-refractivity contribution in [2.75, 3.05) is 0 Å². The molecule has 1 heterocycles. The Morgan fingerprint density at radius 2 is 2.12 bits per heavy atom. The molecule has 0 N–H and O–H groups in total. The number of allylic oxidation sites excluding steroid dienone is 1. The fourth-order valence-electron chi connectivity index (χ4n) is 0.572. The third-order valence-electron chi connectivity index (χ3n) is 1.000. The molecule has 0 amide bonds. The van der Waals surface area contributed by atoms with Crippen LogP contribution in [0.1, 0.15) is 13.8 Å². The topological polar surface area (TPSA) is 23.7 Å². The number of carbonyl (C=O) groups excluding carboxylic acids is 1. The van der Waals surface area contributed by atoms with Crippen LogP contribution in [0, 0.1) is 0 Å². The first kappa shape index (κ1) is 5.22. The molecule has 0 unspecified atom stereocenters. The van der Waals surface area contributed by atoms with Crippen molar-refractivity contribution in [3.05, 3.63) is 12.3 Å². The van der Waals surface area contributed by atoms with E-state index >= 15 is 0 Å². The van der Waals surface area contributed by atoms with Gasteiger partial charge in [-0.3, -0.25) is 0 Å². The van der Waals surface area contributed by atoms with Gasteiger partial charge in [0.25, 0.3) is 0 Å². The lowest BCUT2D eigenvalue weighted by atomic mass is 10.4. The van der Waals surface area contributed by atoms with Crippen LogP contribution in [0.3, 0.4) is 0 Å². The van der Waals surface area contributed by atoms with Gasteiger partial charge in [-0.15, -0.1) is 0 Å². The molecule has 0 spiro atoms. The standard InChI is InChI=1S/C6H8NO/c1-4-5(2)8-6(3)7-4/h1H2,2-3H3/q+1. The summed E-state index contributed by atoms with van der Waals surface area (Å²) in [4.78, 5) is 3.93. The third kappa shape index (κ3) is 0.689. The predicted molar refractivity (Wildman–Crippen MR) is 32.9 cm³/mol. The van der Waals surface area contributed by atoms with Gasteiger partial charge in [-0.2, -0.15) is 9.42 Å². The van der Waals surface area contributed by atoms with E-state index in [1.807, 2.05) is 13.8 Å². The predicted octanol–water partition coefficient (Wildman–Crippen LogP) is 1.06. The van der Waals surface area contributed by atoms with Gasteiger partial charge in [0.05, 0.1) is 13.8 Å². The molecule has 0 aromatic carbocycles. The van der Waals surface area contributed by atoms with Crippen LogP contribution in [0.4, 0.5) is 0 Å². The average molecular weight is 110 g/mol. The molecule has 1 aliphatic rings. The molecule has 0 atom stereocenters. The second-order valence-electron chi connectivity index (χ2n) is 1.74. The highest BCUT2D eigenvalue weighted by molar-refractivity contribution is 6.00. The molecule has 1 rings (SSSR count). The smallest absolute Gasteiger partial charge is 0.195 e. The van der Waals surface area contributed by atoms with Crippen LogP contribution in [0.25, 0.3) is 0 Å². The maximum Gasteiger partial charge on any atom is 0.425 e. The highest BCUT2D eigenvalue weighted by Crippen LogP contribution is 2.01. The van der Waals surface area contributed by atoms with Crippen LogP contribution >= 0.6 is 0 Å². The summed E-state index contributed by atoms with van der Waals surface area (Å²) in [6.45, 7) is 7.29. The molecule has 0 radical (unpaired) electrons. The van der Waals surface area contributed by atoms with Gasteiger partial charge in [-0.05, 0) is 0 Å². The van der Waals surface area contributed by atoms with E-state index in [1.165, 1.54) is 0 Å². The Hall–Kier alpha value is -0.920. The second-order valence-corrected chi connectivity index (χ2v) is 1.74. The highest BCUT2D eigenvalue weighted by atomic mass is 16.4. The molecular weight excluding hydrogens is 102 g/mol. The van der Waals surface area contributed by atoms with Crippen molar-refractivity contribution in [3.8, 4) is 0 Å². The van der Waals surface area contributed by atoms with E-state index < -0.39 is 0 Å². The van der Waals surface area contributed by atoms with Gasteiger partial charge in [-0.25, -0.2) is 0 Å². The van der Waals surface area contributed by atoms with Gasteiger partial charge < -0.3 is 0 Å². The molecule has 0 bridgehead atoms. The molecular formula is C6H8NO+. The molecule has 8 heavy (non-hydrogen) atoms. The summed E-state index contributed by atoms with van der Waals surface area (Å²) in [5.74, 6) is 1.50. The summed E-state index contributed by atoms with van der Waals surface area (Å²) in [6.07, 6.45) is 0. The quantitative estimate of drug-likeness (QED) is 0.329. The molecule has 0 aromatic rings. The van der Waals surface area contributed by atoms with E-state index in [0.717, 1.165) is 11.5 Å². The highest BCUT2D eigenvalue weighted by Gasteiger charge is 2.20. The van der Waals surface area contributed by atoms with Crippen molar-refractivity contribution in [2.45, 2.75) is 13.8 Å². The minimum absolute atomic E-state index is 0.688. The Labute approximate surface area is 48.2 Å². The van der Waals surface area contributed by atoms with Gasteiger partial charge in [0.1, 0.15) is 0 Å².